The van der Waals surface area contributed by atoms with Gasteiger partial charge in [0.25, 0.3) is 0 Å². The van der Waals surface area contributed by atoms with Crippen LogP contribution in [0.1, 0.15) is 245 Å². The average molecular weight is 797 g/mol. The van der Waals surface area contributed by atoms with Crippen molar-refractivity contribution in [3.63, 3.8) is 0 Å². The zero-order valence-electron chi connectivity index (χ0n) is 38.1. The lowest BCUT2D eigenvalue weighted by Gasteiger charge is -2.16. The fourth-order valence-corrected chi connectivity index (χ4v) is 7.18. The second-order valence-electron chi connectivity index (χ2n) is 16.5. The Bertz CT molecular complexity index is 931. The molecular formula is C53H96O4. The van der Waals surface area contributed by atoms with E-state index in [0.29, 0.717) is 19.6 Å². The lowest BCUT2D eigenvalue weighted by Crippen LogP contribution is -2.27. The predicted octanol–water partition coefficient (Wildman–Crippen LogP) is 16.8. The third-order valence-corrected chi connectivity index (χ3v) is 10.9. The molecule has 0 radical (unpaired) electrons. The predicted molar refractivity (Wildman–Crippen MR) is 251 cm³/mol. The van der Waals surface area contributed by atoms with E-state index in [4.69, 9.17) is 9.47 Å². The molecule has 1 unspecified atom stereocenters. The van der Waals surface area contributed by atoms with Gasteiger partial charge in [-0.1, -0.05) is 242 Å². The molecule has 57 heavy (non-hydrogen) atoms. The summed E-state index contributed by atoms with van der Waals surface area (Å²) in [6, 6.07) is 0. The first-order chi connectivity index (χ1) is 28.2. The van der Waals surface area contributed by atoms with Gasteiger partial charge in [0.05, 0.1) is 13.2 Å². The molecule has 0 heterocycles. The summed E-state index contributed by atoms with van der Waals surface area (Å²) >= 11 is 0. The van der Waals surface area contributed by atoms with Crippen molar-refractivity contribution in [2.24, 2.45) is 0 Å². The summed E-state index contributed by atoms with van der Waals surface area (Å²) in [5, 5.41) is 9.64. The van der Waals surface area contributed by atoms with E-state index in [1.807, 2.05) is 0 Å². The van der Waals surface area contributed by atoms with E-state index in [-0.39, 0.29) is 12.6 Å². The Morgan fingerprint density at radius 1 is 0.439 bits per heavy atom. The van der Waals surface area contributed by atoms with E-state index in [2.05, 4.69) is 74.6 Å². The van der Waals surface area contributed by atoms with Crippen LogP contribution in [0.5, 0.6) is 0 Å². The summed E-state index contributed by atoms with van der Waals surface area (Å²) in [6.45, 7) is 5.25. The first-order valence-corrected chi connectivity index (χ1v) is 24.9. The molecule has 0 rings (SSSR count). The molecule has 0 fully saturated rings. The van der Waals surface area contributed by atoms with Gasteiger partial charge in [-0.2, -0.15) is 0 Å². The Labute approximate surface area is 355 Å². The topological polar surface area (TPSA) is 55.8 Å². The van der Waals surface area contributed by atoms with Gasteiger partial charge >= 0.3 is 5.97 Å². The Morgan fingerprint density at radius 3 is 1.19 bits per heavy atom. The maximum Gasteiger partial charge on any atom is 0.306 e. The third-order valence-electron chi connectivity index (χ3n) is 10.9. The number of allylic oxidation sites excluding steroid dienone is 10. The first-order valence-electron chi connectivity index (χ1n) is 24.9. The highest BCUT2D eigenvalue weighted by atomic mass is 16.6. The quantitative estimate of drug-likeness (QED) is 0.0379. The molecule has 0 amide bonds. The molecule has 4 nitrogen and oxygen atoms in total. The summed E-state index contributed by atoms with van der Waals surface area (Å²) in [5.41, 5.74) is 0. The molecule has 1 N–H and O–H groups in total. The molecule has 0 aromatic rings. The van der Waals surface area contributed by atoms with Crippen molar-refractivity contribution in [3.8, 4) is 0 Å². The Kier molecular flexibility index (Phi) is 48.6. The summed E-state index contributed by atoms with van der Waals surface area (Å²) in [5.74, 6) is -0.199. The number of aliphatic hydroxyl groups excluding tert-OH is 1. The normalized spacial score (nSPS) is 12.8. The van der Waals surface area contributed by atoms with Crippen LogP contribution in [0.4, 0.5) is 0 Å². The second-order valence-corrected chi connectivity index (χ2v) is 16.5. The molecular weight excluding hydrogens is 701 g/mol. The molecule has 0 aliphatic rings. The van der Waals surface area contributed by atoms with Crippen molar-refractivity contribution in [1.82, 2.24) is 0 Å². The highest BCUT2D eigenvalue weighted by Gasteiger charge is 2.13. The van der Waals surface area contributed by atoms with Crippen molar-refractivity contribution in [3.05, 3.63) is 60.8 Å². The number of rotatable bonds is 46. The number of ether oxygens (including phenoxy) is 2. The molecule has 0 saturated heterocycles. The average Bonchev–Trinajstić information content (AvgIpc) is 3.22. The lowest BCUT2D eigenvalue weighted by molar-refractivity contribution is -0.154. The minimum Gasteiger partial charge on any atom is -0.457 e. The van der Waals surface area contributed by atoms with Crippen molar-refractivity contribution in [1.29, 1.82) is 0 Å². The van der Waals surface area contributed by atoms with Crippen LogP contribution >= 0.6 is 0 Å². The molecule has 1 atom stereocenters. The number of aliphatic hydroxyl groups is 1. The van der Waals surface area contributed by atoms with Gasteiger partial charge < -0.3 is 14.6 Å². The molecule has 0 aromatic carbocycles. The number of carbonyl (C=O) groups is 1. The zero-order valence-corrected chi connectivity index (χ0v) is 38.1. The Morgan fingerprint density at radius 2 is 0.789 bits per heavy atom. The van der Waals surface area contributed by atoms with Crippen LogP contribution in [-0.4, -0.2) is 37.0 Å². The van der Waals surface area contributed by atoms with Gasteiger partial charge in [-0.25, -0.2) is 0 Å². The molecule has 4 heteroatoms. The summed E-state index contributed by atoms with van der Waals surface area (Å²) in [4.78, 5) is 12.3. The van der Waals surface area contributed by atoms with Gasteiger partial charge in [0.1, 0.15) is 6.10 Å². The number of esters is 1. The van der Waals surface area contributed by atoms with E-state index in [1.54, 1.807) is 0 Å². The van der Waals surface area contributed by atoms with Crippen LogP contribution in [0.25, 0.3) is 0 Å². The van der Waals surface area contributed by atoms with Crippen LogP contribution in [-0.2, 0) is 14.3 Å². The largest absolute Gasteiger partial charge is 0.457 e. The smallest absolute Gasteiger partial charge is 0.306 e. The van der Waals surface area contributed by atoms with Gasteiger partial charge in [0.15, 0.2) is 0 Å². The van der Waals surface area contributed by atoms with Crippen LogP contribution < -0.4 is 0 Å². The summed E-state index contributed by atoms with van der Waals surface area (Å²) in [7, 11) is 0. The molecule has 0 bridgehead atoms. The zero-order chi connectivity index (χ0) is 41.2. The molecule has 0 aliphatic heterocycles. The van der Waals surface area contributed by atoms with E-state index >= 15 is 0 Å². The van der Waals surface area contributed by atoms with Gasteiger partial charge in [-0.15, -0.1) is 0 Å². The second kappa shape index (κ2) is 50.2. The monoisotopic (exact) mass is 797 g/mol. The van der Waals surface area contributed by atoms with Crippen molar-refractivity contribution in [2.45, 2.75) is 251 Å². The third kappa shape index (κ3) is 48.4. The molecule has 0 saturated carbocycles. The van der Waals surface area contributed by atoms with Crippen LogP contribution in [0.15, 0.2) is 60.8 Å². The van der Waals surface area contributed by atoms with Crippen molar-refractivity contribution >= 4 is 5.97 Å². The van der Waals surface area contributed by atoms with Crippen molar-refractivity contribution in [2.75, 3.05) is 19.8 Å². The first kappa shape index (κ1) is 55.1. The lowest BCUT2D eigenvalue weighted by atomic mass is 10.0. The van der Waals surface area contributed by atoms with Crippen LogP contribution in [0, 0.1) is 0 Å². The fourth-order valence-electron chi connectivity index (χ4n) is 7.18. The molecule has 0 aromatic heterocycles. The molecule has 0 aliphatic carbocycles. The van der Waals surface area contributed by atoms with E-state index in [9.17, 15) is 9.90 Å². The standard InChI is InChI=1S/C53H96O4/c1-3-5-7-9-11-13-15-17-19-21-23-24-25-26-27-28-29-31-33-35-37-39-41-43-45-47-49-56-51-52(50-54)57-53(55)48-46-44-42-40-38-36-34-32-30-22-20-18-16-14-12-10-8-6-4-2/h5,7,11,13,17,19,23-24,26-27,52,54H,3-4,6,8-10,12,14-16,18,20-22,25,28-51H2,1-2H3/b7-5-,13-11-,19-17-,24-23-,27-26-. The minimum absolute atomic E-state index is 0.172. The molecule has 0 spiro atoms. The van der Waals surface area contributed by atoms with Gasteiger partial charge in [-0.05, 0) is 57.8 Å². The number of hydrogen-bond acceptors (Lipinski definition) is 4. The van der Waals surface area contributed by atoms with Gasteiger partial charge in [0.2, 0.25) is 0 Å². The molecule has 332 valence electrons. The van der Waals surface area contributed by atoms with Crippen molar-refractivity contribution < 1.29 is 19.4 Å². The van der Waals surface area contributed by atoms with E-state index < -0.39 is 6.10 Å². The Balaban J connectivity index is 3.42. The fraction of sp³-hybridized carbons (Fsp3) is 0.792. The SMILES string of the molecule is CC/C=C\C/C=C\C/C=C\C/C=C\C/C=C\CCCCCCCCCCCCOCC(CO)OC(=O)CCCCCCCCCCCCCCCCCCCCC. The Hall–Kier alpha value is -1.91. The highest BCUT2D eigenvalue weighted by molar-refractivity contribution is 5.69. The minimum atomic E-state index is -0.537. The summed E-state index contributed by atoms with van der Waals surface area (Å²) in [6.07, 6.45) is 67.3. The van der Waals surface area contributed by atoms with E-state index in [1.165, 1.54) is 173 Å². The number of hydrogen-bond donors (Lipinski definition) is 1. The summed E-state index contributed by atoms with van der Waals surface area (Å²) < 4.78 is 11.2. The highest BCUT2D eigenvalue weighted by Crippen LogP contribution is 2.16. The maximum atomic E-state index is 12.3. The van der Waals surface area contributed by atoms with Gasteiger partial charge in [-0.3, -0.25) is 4.79 Å². The van der Waals surface area contributed by atoms with E-state index in [0.717, 1.165) is 51.4 Å². The van der Waals surface area contributed by atoms with Crippen LogP contribution in [0.2, 0.25) is 0 Å². The van der Waals surface area contributed by atoms with Gasteiger partial charge in [0, 0.05) is 13.0 Å². The van der Waals surface area contributed by atoms with Crippen LogP contribution in [0.3, 0.4) is 0 Å². The number of carbonyl (C=O) groups excluding carboxylic acids is 1. The number of unbranched alkanes of at least 4 members (excludes halogenated alkanes) is 28. The maximum absolute atomic E-state index is 12.3.